The molecule has 1 aromatic rings. The lowest BCUT2D eigenvalue weighted by Gasteiger charge is -2.27. The third-order valence-corrected chi connectivity index (χ3v) is 2.65. The van der Waals surface area contributed by atoms with Crippen LogP contribution in [0.2, 0.25) is 0 Å². The van der Waals surface area contributed by atoms with Gasteiger partial charge in [0.2, 0.25) is 0 Å². The molecule has 0 heterocycles. The molecule has 0 unspecified atom stereocenters. The van der Waals surface area contributed by atoms with E-state index in [4.69, 9.17) is 5.11 Å². The Balaban J connectivity index is 3.12. The zero-order chi connectivity index (χ0) is 12.8. The SMILES string of the molecule is CCCN(CCO)c1cccc(F)c1[C@@H](C)O. The zero-order valence-electron chi connectivity index (χ0n) is 10.4. The highest BCUT2D eigenvalue weighted by Crippen LogP contribution is 2.28. The highest BCUT2D eigenvalue weighted by molar-refractivity contribution is 5.55. The molecule has 1 atom stereocenters. The fourth-order valence-electron chi connectivity index (χ4n) is 1.96. The normalized spacial score (nSPS) is 12.5. The number of benzene rings is 1. The number of nitrogens with zero attached hydrogens (tertiary/aromatic N) is 1. The average molecular weight is 241 g/mol. The van der Waals surface area contributed by atoms with E-state index in [9.17, 15) is 9.50 Å². The smallest absolute Gasteiger partial charge is 0.131 e. The maximum Gasteiger partial charge on any atom is 0.131 e. The largest absolute Gasteiger partial charge is 0.395 e. The molecule has 0 amide bonds. The van der Waals surface area contributed by atoms with Crippen LogP contribution in [-0.2, 0) is 0 Å². The lowest BCUT2D eigenvalue weighted by molar-refractivity contribution is 0.194. The minimum absolute atomic E-state index is 0.00969. The van der Waals surface area contributed by atoms with Gasteiger partial charge in [-0.3, -0.25) is 0 Å². The number of aliphatic hydroxyl groups excluding tert-OH is 2. The highest BCUT2D eigenvalue weighted by atomic mass is 19.1. The molecule has 0 radical (unpaired) electrons. The second kappa shape index (κ2) is 6.57. The van der Waals surface area contributed by atoms with Gasteiger partial charge in [-0.1, -0.05) is 13.0 Å². The summed E-state index contributed by atoms with van der Waals surface area (Å²) in [5, 5.41) is 18.7. The molecule has 0 saturated carbocycles. The lowest BCUT2D eigenvalue weighted by atomic mass is 10.1. The first-order chi connectivity index (χ1) is 8.11. The summed E-state index contributed by atoms with van der Waals surface area (Å²) in [6.07, 6.45) is 0.0414. The van der Waals surface area contributed by atoms with E-state index in [1.165, 1.54) is 6.07 Å². The van der Waals surface area contributed by atoms with Gasteiger partial charge in [0.25, 0.3) is 0 Å². The van der Waals surface area contributed by atoms with Gasteiger partial charge < -0.3 is 15.1 Å². The molecule has 0 aliphatic heterocycles. The van der Waals surface area contributed by atoms with E-state index in [1.54, 1.807) is 19.1 Å². The molecule has 0 fully saturated rings. The molecule has 0 spiro atoms. The molecular formula is C13H20FNO2. The summed E-state index contributed by atoms with van der Waals surface area (Å²) in [5.41, 5.74) is 0.963. The number of rotatable bonds is 6. The Morgan fingerprint density at radius 1 is 1.35 bits per heavy atom. The van der Waals surface area contributed by atoms with Crippen molar-refractivity contribution in [3.05, 3.63) is 29.6 Å². The van der Waals surface area contributed by atoms with Crippen LogP contribution >= 0.6 is 0 Å². The van der Waals surface area contributed by atoms with Crippen LogP contribution in [0.4, 0.5) is 10.1 Å². The molecule has 0 aliphatic rings. The van der Waals surface area contributed by atoms with Crippen LogP contribution in [0.3, 0.4) is 0 Å². The van der Waals surface area contributed by atoms with Crippen LogP contribution in [0.15, 0.2) is 18.2 Å². The van der Waals surface area contributed by atoms with Crippen molar-refractivity contribution in [2.45, 2.75) is 26.4 Å². The Labute approximate surface area is 101 Å². The summed E-state index contributed by atoms with van der Waals surface area (Å²) >= 11 is 0. The van der Waals surface area contributed by atoms with Crippen molar-refractivity contribution in [1.29, 1.82) is 0 Å². The first-order valence-corrected chi connectivity index (χ1v) is 5.94. The van der Waals surface area contributed by atoms with Crippen molar-refractivity contribution in [3.8, 4) is 0 Å². The molecule has 0 aliphatic carbocycles. The molecule has 1 aromatic carbocycles. The van der Waals surface area contributed by atoms with Gasteiger partial charge in [-0.25, -0.2) is 4.39 Å². The fourth-order valence-corrected chi connectivity index (χ4v) is 1.96. The number of hydrogen-bond donors (Lipinski definition) is 2. The summed E-state index contributed by atoms with van der Waals surface area (Å²) < 4.78 is 13.7. The standard InChI is InChI=1S/C13H20FNO2/c1-3-7-15(8-9-16)12-6-4-5-11(14)13(12)10(2)17/h4-6,10,16-17H,3,7-9H2,1-2H3/t10-/m1/s1. The second-order valence-corrected chi connectivity index (χ2v) is 4.06. The van der Waals surface area contributed by atoms with Crippen LogP contribution in [0.5, 0.6) is 0 Å². The van der Waals surface area contributed by atoms with Gasteiger partial charge in [-0.15, -0.1) is 0 Å². The molecule has 96 valence electrons. The van der Waals surface area contributed by atoms with Crippen LogP contribution in [0.25, 0.3) is 0 Å². The minimum atomic E-state index is -0.857. The van der Waals surface area contributed by atoms with E-state index in [1.807, 2.05) is 11.8 Å². The third-order valence-electron chi connectivity index (χ3n) is 2.65. The first-order valence-electron chi connectivity index (χ1n) is 5.94. The van der Waals surface area contributed by atoms with Crippen molar-refractivity contribution in [1.82, 2.24) is 0 Å². The number of anilines is 1. The summed E-state index contributed by atoms with van der Waals surface area (Å²) in [4.78, 5) is 1.89. The van der Waals surface area contributed by atoms with Gasteiger partial charge in [-0.05, 0) is 25.5 Å². The predicted octanol–water partition coefficient (Wildman–Crippen LogP) is 2.09. The molecule has 0 saturated heterocycles. The Bertz CT molecular complexity index is 349. The number of hydrogen-bond acceptors (Lipinski definition) is 3. The summed E-state index contributed by atoms with van der Waals surface area (Å²) in [6.45, 7) is 4.74. The van der Waals surface area contributed by atoms with Crippen molar-refractivity contribution < 1.29 is 14.6 Å². The van der Waals surface area contributed by atoms with Crippen LogP contribution in [0.1, 0.15) is 31.9 Å². The topological polar surface area (TPSA) is 43.7 Å². The molecule has 0 bridgehead atoms. The molecule has 2 N–H and O–H groups in total. The third kappa shape index (κ3) is 3.41. The van der Waals surface area contributed by atoms with Gasteiger partial charge in [0.05, 0.1) is 12.7 Å². The maximum atomic E-state index is 13.7. The molecule has 0 aromatic heterocycles. The average Bonchev–Trinajstić information content (AvgIpc) is 2.28. The minimum Gasteiger partial charge on any atom is -0.395 e. The second-order valence-electron chi connectivity index (χ2n) is 4.06. The highest BCUT2D eigenvalue weighted by Gasteiger charge is 2.17. The van der Waals surface area contributed by atoms with Gasteiger partial charge in [0, 0.05) is 24.3 Å². The Morgan fingerprint density at radius 2 is 2.06 bits per heavy atom. The molecule has 1 rings (SSSR count). The quantitative estimate of drug-likeness (QED) is 0.801. The zero-order valence-corrected chi connectivity index (χ0v) is 10.4. The predicted molar refractivity (Wildman–Crippen MR) is 66.6 cm³/mol. The summed E-state index contributed by atoms with van der Waals surface area (Å²) in [6, 6.07) is 4.74. The van der Waals surface area contributed by atoms with Gasteiger partial charge >= 0.3 is 0 Å². The van der Waals surface area contributed by atoms with E-state index in [2.05, 4.69) is 0 Å². The van der Waals surface area contributed by atoms with E-state index in [0.29, 0.717) is 17.8 Å². The van der Waals surface area contributed by atoms with Gasteiger partial charge in [0.15, 0.2) is 0 Å². The van der Waals surface area contributed by atoms with E-state index in [0.717, 1.165) is 13.0 Å². The van der Waals surface area contributed by atoms with Crippen molar-refractivity contribution in [2.75, 3.05) is 24.6 Å². The summed E-state index contributed by atoms with van der Waals surface area (Å²) in [7, 11) is 0. The van der Waals surface area contributed by atoms with Crippen LogP contribution < -0.4 is 4.90 Å². The van der Waals surface area contributed by atoms with E-state index >= 15 is 0 Å². The van der Waals surface area contributed by atoms with Crippen molar-refractivity contribution in [2.24, 2.45) is 0 Å². The summed E-state index contributed by atoms with van der Waals surface area (Å²) in [5.74, 6) is -0.406. The van der Waals surface area contributed by atoms with Crippen molar-refractivity contribution in [3.63, 3.8) is 0 Å². The maximum absolute atomic E-state index is 13.7. The first kappa shape index (κ1) is 13.9. The Kier molecular flexibility index (Phi) is 5.38. The van der Waals surface area contributed by atoms with Gasteiger partial charge in [0.1, 0.15) is 5.82 Å². The molecule has 17 heavy (non-hydrogen) atoms. The number of halogens is 1. The molecule has 4 heteroatoms. The molecule has 3 nitrogen and oxygen atoms in total. The van der Waals surface area contributed by atoms with Crippen LogP contribution in [0, 0.1) is 5.82 Å². The van der Waals surface area contributed by atoms with Crippen LogP contribution in [-0.4, -0.2) is 29.9 Å². The lowest BCUT2D eigenvalue weighted by Crippen LogP contribution is -2.29. The fraction of sp³-hybridized carbons (Fsp3) is 0.538. The van der Waals surface area contributed by atoms with E-state index in [-0.39, 0.29) is 6.61 Å². The van der Waals surface area contributed by atoms with Crippen molar-refractivity contribution >= 4 is 5.69 Å². The Hall–Kier alpha value is -1.13. The Morgan fingerprint density at radius 3 is 2.59 bits per heavy atom. The monoisotopic (exact) mass is 241 g/mol. The number of aliphatic hydroxyl groups is 2. The molecular weight excluding hydrogens is 221 g/mol. The van der Waals surface area contributed by atoms with E-state index < -0.39 is 11.9 Å². The van der Waals surface area contributed by atoms with Gasteiger partial charge in [-0.2, -0.15) is 0 Å².